The van der Waals surface area contributed by atoms with Crippen LogP contribution in [0.15, 0.2) is 176 Å². The molecule has 1 saturated carbocycles. The lowest BCUT2D eigenvalue weighted by Crippen LogP contribution is -2.46. The third-order valence-corrected chi connectivity index (χ3v) is 23.6. The fraction of sp³-hybridized carbons (Fsp3) is 0.550. The highest BCUT2D eigenvalue weighted by atomic mass is 16.5. The van der Waals surface area contributed by atoms with Crippen molar-refractivity contribution in [1.29, 1.82) is 0 Å². The van der Waals surface area contributed by atoms with Crippen molar-refractivity contribution in [2.45, 2.75) is 192 Å². The summed E-state index contributed by atoms with van der Waals surface area (Å²) >= 11 is 0. The number of likely N-dealkylation sites (N-methyl/N-ethyl adjacent to an activating group) is 2. The van der Waals surface area contributed by atoms with Gasteiger partial charge < -0.3 is 43.9 Å². The Morgan fingerprint density at radius 2 is 0.702 bits per heavy atom. The van der Waals surface area contributed by atoms with E-state index < -0.39 is 0 Å². The number of likely N-dealkylation sites (tertiary alicyclic amines) is 1. The lowest BCUT2D eigenvalue weighted by Gasteiger charge is -2.38. The van der Waals surface area contributed by atoms with Crippen LogP contribution in [0.25, 0.3) is 0 Å². The van der Waals surface area contributed by atoms with Crippen LogP contribution in [0.1, 0.15) is 180 Å². The Bertz CT molecular complexity index is 3600. The number of nitrogens with zero attached hydrogens (tertiary/aromatic N) is 13. The van der Waals surface area contributed by atoms with Gasteiger partial charge in [-0.25, -0.2) is 9.97 Å². The number of anilines is 6. The second-order valence-electron chi connectivity index (χ2n) is 34.7. The number of hydrogen-bond acceptors (Lipinski definition) is 14. The van der Waals surface area contributed by atoms with Crippen molar-refractivity contribution < 1.29 is 4.74 Å². The summed E-state index contributed by atoms with van der Waals surface area (Å²) in [5.74, 6) is 3.96. The smallest absolute Gasteiger partial charge is 0.147 e. The third-order valence-electron chi connectivity index (χ3n) is 23.6. The van der Waals surface area contributed by atoms with Crippen LogP contribution in [0.5, 0.6) is 5.75 Å². The van der Waals surface area contributed by atoms with Gasteiger partial charge in [0, 0.05) is 160 Å². The highest BCUT2D eigenvalue weighted by Gasteiger charge is 2.27. The van der Waals surface area contributed by atoms with Crippen LogP contribution in [0.3, 0.4) is 0 Å². The summed E-state index contributed by atoms with van der Waals surface area (Å²) < 4.78 is 5.80. The maximum atomic E-state index is 5.80. The second kappa shape index (κ2) is 49.1. The topological polar surface area (TPSA) is 80.3 Å². The molecule has 6 aromatic carbocycles. The number of aromatic nitrogens is 3. The molecule has 8 fully saturated rings. The summed E-state index contributed by atoms with van der Waals surface area (Å²) in [7, 11) is 4.34. The molecule has 0 atom stereocenters. The largest absolute Gasteiger partial charge is 0.493 e. The van der Waals surface area contributed by atoms with Crippen molar-refractivity contribution in [2.24, 2.45) is 11.3 Å². The Labute approximate surface area is 692 Å². The van der Waals surface area contributed by atoms with E-state index >= 15 is 0 Å². The molecular formula is C100H149N13O. The summed E-state index contributed by atoms with van der Waals surface area (Å²) in [6, 6.07) is 57.0. The van der Waals surface area contributed by atoms with Crippen LogP contribution in [0.4, 0.5) is 34.4 Å². The zero-order valence-corrected chi connectivity index (χ0v) is 73.3. The van der Waals surface area contributed by atoms with E-state index in [2.05, 4.69) is 305 Å². The third kappa shape index (κ3) is 33.3. The number of piperidine rings is 4. The Hall–Kier alpha value is -8.01. The fourth-order valence-corrected chi connectivity index (χ4v) is 16.1. The van der Waals surface area contributed by atoms with Crippen molar-refractivity contribution in [2.75, 3.05) is 188 Å². The summed E-state index contributed by atoms with van der Waals surface area (Å²) in [6.07, 6.45) is 28.8. The second-order valence-corrected chi connectivity index (χ2v) is 34.7. The van der Waals surface area contributed by atoms with Crippen LogP contribution in [0.2, 0.25) is 0 Å². The first-order valence-electron chi connectivity index (χ1n) is 44.3. The zero-order chi connectivity index (χ0) is 80.7. The van der Waals surface area contributed by atoms with Gasteiger partial charge in [0.25, 0.3) is 0 Å². The highest BCUT2D eigenvalue weighted by molar-refractivity contribution is 5.51. The summed E-state index contributed by atoms with van der Waals surface area (Å²) in [5.41, 5.74) is 17.7. The first kappa shape index (κ1) is 89.9. The van der Waals surface area contributed by atoms with E-state index in [0.29, 0.717) is 5.41 Å². The molecule has 16 rings (SSSR count). The molecule has 8 aromatic rings. The van der Waals surface area contributed by atoms with Gasteiger partial charge in [-0.1, -0.05) is 164 Å². The monoisotopic (exact) mass is 1550 g/mol. The van der Waals surface area contributed by atoms with Gasteiger partial charge in [-0.15, -0.1) is 0 Å². The van der Waals surface area contributed by atoms with E-state index in [-0.39, 0.29) is 0 Å². The maximum Gasteiger partial charge on any atom is 0.147 e. The van der Waals surface area contributed by atoms with Gasteiger partial charge in [-0.3, -0.25) is 14.8 Å². The molecule has 2 aromatic heterocycles. The van der Waals surface area contributed by atoms with Crippen molar-refractivity contribution in [3.63, 3.8) is 0 Å². The molecule has 1 aliphatic carbocycles. The molecule has 620 valence electrons. The Morgan fingerprint density at radius 3 is 1.11 bits per heavy atom. The molecular weight excluding hydrogens is 1400 g/mol. The number of hydrogen-bond donors (Lipinski definition) is 0. The van der Waals surface area contributed by atoms with E-state index in [0.717, 1.165) is 81.4 Å². The Morgan fingerprint density at radius 1 is 0.333 bits per heavy atom. The van der Waals surface area contributed by atoms with E-state index in [9.17, 15) is 0 Å². The molecule has 0 radical (unpaired) electrons. The Kier molecular flexibility index (Phi) is 38.8. The zero-order valence-electron chi connectivity index (χ0n) is 73.3. The molecule has 14 heteroatoms. The minimum absolute atomic E-state index is 0.503. The number of piperazine rings is 3. The molecule has 7 aliphatic heterocycles. The minimum Gasteiger partial charge on any atom is -0.493 e. The summed E-state index contributed by atoms with van der Waals surface area (Å²) in [5, 5.41) is 0. The molecule has 0 N–H and O–H groups in total. The first-order valence-corrected chi connectivity index (χ1v) is 44.3. The number of pyridine rings is 1. The predicted octanol–water partition coefficient (Wildman–Crippen LogP) is 20.7. The van der Waals surface area contributed by atoms with E-state index in [1.54, 1.807) is 0 Å². The van der Waals surface area contributed by atoms with Gasteiger partial charge in [0.2, 0.25) is 0 Å². The first-order chi connectivity index (χ1) is 55.3. The van der Waals surface area contributed by atoms with Gasteiger partial charge in [0.1, 0.15) is 17.4 Å². The van der Waals surface area contributed by atoms with Gasteiger partial charge in [0.15, 0.2) is 0 Å². The van der Waals surface area contributed by atoms with Crippen LogP contribution >= 0.6 is 0 Å². The number of aryl methyl sites for hydroxylation is 8. The highest BCUT2D eigenvalue weighted by Crippen LogP contribution is 2.31. The van der Waals surface area contributed by atoms with Crippen LogP contribution in [-0.2, 0) is 6.54 Å². The van der Waals surface area contributed by atoms with Crippen molar-refractivity contribution in [3.05, 3.63) is 227 Å². The molecule has 0 amide bonds. The average molecular weight is 1550 g/mol. The van der Waals surface area contributed by atoms with Gasteiger partial charge in [-0.05, 0) is 262 Å². The van der Waals surface area contributed by atoms with Crippen LogP contribution in [0, 0.1) is 66.7 Å². The number of benzene rings is 6. The van der Waals surface area contributed by atoms with Gasteiger partial charge >= 0.3 is 0 Å². The lowest BCUT2D eigenvalue weighted by atomic mass is 9.84. The van der Waals surface area contributed by atoms with Crippen LogP contribution in [-0.4, -0.2) is 193 Å². The Balaban J connectivity index is 0.000000149. The molecule has 7 saturated heterocycles. The molecule has 0 spiro atoms. The lowest BCUT2D eigenvalue weighted by molar-refractivity contribution is 0.111. The number of ether oxygens (including phenoxy) is 1. The summed E-state index contributed by atoms with van der Waals surface area (Å²) in [4.78, 5) is 37.5. The molecule has 14 nitrogen and oxygen atoms in total. The molecule has 114 heavy (non-hydrogen) atoms. The average Bonchev–Trinajstić information content (AvgIpc) is 0.698. The molecule has 8 aliphatic rings. The van der Waals surface area contributed by atoms with Gasteiger partial charge in [-0.2, -0.15) is 0 Å². The van der Waals surface area contributed by atoms with Crippen molar-refractivity contribution in [1.82, 2.24) is 34.6 Å². The van der Waals surface area contributed by atoms with Crippen molar-refractivity contribution in [3.8, 4) is 5.75 Å². The summed E-state index contributed by atoms with van der Waals surface area (Å²) in [6.45, 7) is 50.7. The van der Waals surface area contributed by atoms with E-state index in [1.165, 1.54) is 275 Å². The quantitative estimate of drug-likeness (QED) is 0.110. The molecule has 0 unspecified atom stereocenters. The number of rotatable bonds is 13. The van der Waals surface area contributed by atoms with Crippen molar-refractivity contribution >= 4 is 34.4 Å². The SMILES string of the molecule is CCCN1CCN(c2ccc(C)cc2)CC1.Cc1ccc(CN2CCCC(C)(C)C2)cc1.Cc1ccc(N2CCCCC2)cc1.Cc1ccc(N2CCCCC2)cc1.Cc1ccc(N2CCCCC2)nc1.Cc1ccc(N2CCN(C)CC2)cc1.Cc1ccc(OCC2CCCCC2)cc1.Cc1cnc(N2CCN(C)CC2)cn1. The molecule has 9 heterocycles. The minimum atomic E-state index is 0.503. The molecule has 0 bridgehead atoms. The fourth-order valence-electron chi connectivity index (χ4n) is 16.1. The normalized spacial score (nSPS) is 18.3. The van der Waals surface area contributed by atoms with E-state index in [1.807, 2.05) is 25.5 Å². The maximum absolute atomic E-state index is 5.80. The van der Waals surface area contributed by atoms with Crippen LogP contribution < -0.4 is 34.1 Å². The predicted molar refractivity (Wildman–Crippen MR) is 490 cm³/mol. The van der Waals surface area contributed by atoms with E-state index in [4.69, 9.17) is 4.74 Å². The van der Waals surface area contributed by atoms with Gasteiger partial charge in [0.05, 0.1) is 24.7 Å². The standard InChI is InChI=1S/C15H23N.C14H22N2.C14H20O.C12H18N2.2C12H17N.C11H16N2.C10H16N4/c1-13-5-7-14(8-6-13)11-16-10-4-9-15(2,3)12-16;1-3-8-15-9-11-16(12-10-15)14-6-4-13(2)5-7-14;1-12-7-9-14(10-8-12)15-11-13-5-3-2-4-6-13;1-11-3-5-12(6-4-11)14-9-7-13(2)8-10-14;2*1-11-5-7-12(8-6-11)13-9-3-2-4-10-13;1-10-5-6-11(12-9-10)13-7-3-2-4-8-13;1-9-7-12-10(8-11-9)14-5-3-13(2)4-6-14/h5-8H,4,9-12H2,1-3H3;4-7H,3,8-12H2,1-2H3;7-10,13H,2-6,11H2,1H3;3-6H,7-10H2,1-2H3;2*5-8H,2-4,9-10H2,1H3;5-6,9H,2-4,7-8H2,1H3;7-8H,3-6H2,1-2H3.